The van der Waals surface area contributed by atoms with E-state index in [4.69, 9.17) is 4.74 Å². The molecule has 1 aliphatic rings. The Morgan fingerprint density at radius 2 is 2.16 bits per heavy atom. The van der Waals surface area contributed by atoms with Crippen LogP contribution in [0, 0.1) is 5.92 Å². The topological polar surface area (TPSA) is 41.5 Å². The molecule has 0 amide bonds. The van der Waals surface area contributed by atoms with E-state index < -0.39 is 0 Å². The van der Waals surface area contributed by atoms with Gasteiger partial charge in [0.25, 0.3) is 0 Å². The van der Waals surface area contributed by atoms with Gasteiger partial charge in [-0.15, -0.1) is 0 Å². The molecular formula is C16H25NO2. The molecule has 0 aromatic heterocycles. The highest BCUT2D eigenvalue weighted by Crippen LogP contribution is 2.28. The second kappa shape index (κ2) is 7.51. The molecular weight excluding hydrogens is 238 g/mol. The van der Waals surface area contributed by atoms with Crippen LogP contribution in [0.4, 0.5) is 0 Å². The summed E-state index contributed by atoms with van der Waals surface area (Å²) >= 11 is 0. The number of ether oxygens (including phenoxy) is 1. The minimum Gasteiger partial charge on any atom is -0.508 e. The predicted octanol–water partition coefficient (Wildman–Crippen LogP) is 3.25. The van der Waals surface area contributed by atoms with Crippen LogP contribution in [-0.2, 0) is 4.74 Å². The average molecular weight is 263 g/mol. The predicted molar refractivity (Wildman–Crippen MR) is 77.3 cm³/mol. The van der Waals surface area contributed by atoms with Crippen molar-refractivity contribution in [3.63, 3.8) is 0 Å². The van der Waals surface area contributed by atoms with E-state index >= 15 is 0 Å². The van der Waals surface area contributed by atoms with Crippen LogP contribution < -0.4 is 5.32 Å². The zero-order valence-corrected chi connectivity index (χ0v) is 11.8. The zero-order valence-electron chi connectivity index (χ0n) is 11.8. The van der Waals surface area contributed by atoms with Gasteiger partial charge in [-0.2, -0.15) is 0 Å². The van der Waals surface area contributed by atoms with E-state index in [1.54, 1.807) is 6.07 Å². The summed E-state index contributed by atoms with van der Waals surface area (Å²) in [6, 6.07) is 7.79. The monoisotopic (exact) mass is 263 g/mol. The first-order valence-electron chi connectivity index (χ1n) is 7.40. The molecule has 106 valence electrons. The van der Waals surface area contributed by atoms with Crippen LogP contribution in [0.15, 0.2) is 24.3 Å². The van der Waals surface area contributed by atoms with Crippen LogP contribution in [0.3, 0.4) is 0 Å². The first kappa shape index (κ1) is 14.4. The minimum absolute atomic E-state index is 0.227. The minimum atomic E-state index is 0.227. The Labute approximate surface area is 116 Å². The molecule has 2 rings (SSSR count). The fourth-order valence-electron chi connectivity index (χ4n) is 2.24. The third-order valence-electron chi connectivity index (χ3n) is 3.63. The summed E-state index contributed by atoms with van der Waals surface area (Å²) in [5.74, 6) is 1.23. The van der Waals surface area contributed by atoms with Crippen LogP contribution in [-0.4, -0.2) is 24.9 Å². The highest BCUT2D eigenvalue weighted by molar-refractivity contribution is 5.34. The van der Waals surface area contributed by atoms with Crippen molar-refractivity contribution in [3.8, 4) is 5.75 Å². The van der Waals surface area contributed by atoms with E-state index in [1.165, 1.54) is 12.8 Å². The molecule has 0 saturated heterocycles. The first-order valence-corrected chi connectivity index (χ1v) is 7.40. The number of phenols is 1. The summed E-state index contributed by atoms with van der Waals surface area (Å²) in [6.07, 6.45) is 4.70. The third kappa shape index (κ3) is 4.84. The molecule has 0 aliphatic heterocycles. The van der Waals surface area contributed by atoms with Crippen LogP contribution in [0.2, 0.25) is 0 Å². The van der Waals surface area contributed by atoms with Gasteiger partial charge in [-0.1, -0.05) is 25.1 Å². The molecule has 3 heteroatoms. The lowest BCUT2D eigenvalue weighted by Gasteiger charge is -2.18. The summed E-state index contributed by atoms with van der Waals surface area (Å²) in [5.41, 5.74) is 0.990. The van der Waals surface area contributed by atoms with Crippen molar-refractivity contribution < 1.29 is 9.84 Å². The van der Waals surface area contributed by atoms with E-state index in [-0.39, 0.29) is 6.04 Å². The van der Waals surface area contributed by atoms with Gasteiger partial charge in [0, 0.05) is 24.8 Å². The fraction of sp³-hybridized carbons (Fsp3) is 0.625. The number of benzene rings is 1. The van der Waals surface area contributed by atoms with E-state index in [0.717, 1.165) is 44.1 Å². The molecule has 1 unspecified atom stereocenters. The molecule has 19 heavy (non-hydrogen) atoms. The van der Waals surface area contributed by atoms with E-state index in [9.17, 15) is 5.11 Å². The van der Waals surface area contributed by atoms with Crippen LogP contribution in [0.1, 0.15) is 44.2 Å². The van der Waals surface area contributed by atoms with Crippen molar-refractivity contribution in [2.45, 2.75) is 38.6 Å². The van der Waals surface area contributed by atoms with Gasteiger partial charge < -0.3 is 15.2 Å². The first-order chi connectivity index (χ1) is 9.31. The normalized spacial score (nSPS) is 16.5. The lowest BCUT2D eigenvalue weighted by Crippen LogP contribution is -2.23. The van der Waals surface area contributed by atoms with Crippen molar-refractivity contribution >= 4 is 0 Å². The van der Waals surface area contributed by atoms with E-state index in [2.05, 4.69) is 12.2 Å². The largest absolute Gasteiger partial charge is 0.508 e. The average Bonchev–Trinajstić information content (AvgIpc) is 3.23. The number of phenolic OH excluding ortho intramolecular Hbond substituents is 1. The summed E-state index contributed by atoms with van der Waals surface area (Å²) < 4.78 is 5.61. The Hall–Kier alpha value is -1.06. The van der Waals surface area contributed by atoms with Gasteiger partial charge >= 0.3 is 0 Å². The van der Waals surface area contributed by atoms with E-state index in [0.29, 0.717) is 5.75 Å². The lowest BCUT2D eigenvalue weighted by molar-refractivity contribution is 0.121. The number of hydrogen-bond acceptors (Lipinski definition) is 3. The molecule has 0 bridgehead atoms. The van der Waals surface area contributed by atoms with Crippen molar-refractivity contribution in [1.29, 1.82) is 0 Å². The SMILES string of the molecule is CCC(NCCCOCC1CC1)c1ccccc1O. The smallest absolute Gasteiger partial charge is 0.120 e. The Kier molecular flexibility index (Phi) is 5.67. The lowest BCUT2D eigenvalue weighted by atomic mass is 10.0. The molecule has 0 spiro atoms. The number of nitrogens with one attached hydrogen (secondary N) is 1. The molecule has 2 N–H and O–H groups in total. The summed E-state index contributed by atoms with van der Waals surface area (Å²) in [4.78, 5) is 0. The van der Waals surface area contributed by atoms with Gasteiger partial charge in [-0.05, 0) is 44.2 Å². The third-order valence-corrected chi connectivity index (χ3v) is 3.63. The van der Waals surface area contributed by atoms with Gasteiger partial charge in [0.1, 0.15) is 5.75 Å². The van der Waals surface area contributed by atoms with E-state index in [1.807, 2.05) is 18.2 Å². The van der Waals surface area contributed by atoms with Crippen molar-refractivity contribution in [2.24, 2.45) is 5.92 Å². The van der Waals surface area contributed by atoms with Crippen molar-refractivity contribution in [2.75, 3.05) is 19.8 Å². The Balaban J connectivity index is 1.65. The van der Waals surface area contributed by atoms with Crippen molar-refractivity contribution in [3.05, 3.63) is 29.8 Å². The second-order valence-corrected chi connectivity index (χ2v) is 5.35. The quantitative estimate of drug-likeness (QED) is 0.672. The Morgan fingerprint density at radius 3 is 2.84 bits per heavy atom. The van der Waals surface area contributed by atoms with Crippen LogP contribution in [0.5, 0.6) is 5.75 Å². The Bertz CT molecular complexity index is 377. The maximum atomic E-state index is 9.86. The fourth-order valence-corrected chi connectivity index (χ4v) is 2.24. The molecule has 1 atom stereocenters. The maximum Gasteiger partial charge on any atom is 0.120 e. The molecule has 1 aromatic rings. The number of rotatable bonds is 9. The number of hydrogen-bond donors (Lipinski definition) is 2. The zero-order chi connectivity index (χ0) is 13.5. The van der Waals surface area contributed by atoms with Gasteiger partial charge in [0.05, 0.1) is 0 Å². The highest BCUT2D eigenvalue weighted by Gasteiger charge is 2.20. The van der Waals surface area contributed by atoms with Crippen molar-refractivity contribution in [1.82, 2.24) is 5.32 Å². The molecule has 1 saturated carbocycles. The molecule has 1 aromatic carbocycles. The summed E-state index contributed by atoms with van der Waals surface area (Å²) in [7, 11) is 0. The number of aromatic hydroxyl groups is 1. The maximum absolute atomic E-state index is 9.86. The molecule has 1 fully saturated rings. The molecule has 3 nitrogen and oxygen atoms in total. The standard InChI is InChI=1S/C16H25NO2/c1-2-15(14-6-3-4-7-16(14)18)17-10-5-11-19-12-13-8-9-13/h3-4,6-7,13,15,17-18H,2,5,8-12H2,1H3. The molecule has 1 aliphatic carbocycles. The van der Waals surface area contributed by atoms with Crippen LogP contribution >= 0.6 is 0 Å². The van der Waals surface area contributed by atoms with Gasteiger partial charge in [-0.25, -0.2) is 0 Å². The summed E-state index contributed by atoms with van der Waals surface area (Å²) in [5, 5.41) is 13.3. The van der Waals surface area contributed by atoms with Gasteiger partial charge in [0.2, 0.25) is 0 Å². The highest BCUT2D eigenvalue weighted by atomic mass is 16.5. The number of para-hydroxylation sites is 1. The van der Waals surface area contributed by atoms with Gasteiger partial charge in [-0.3, -0.25) is 0 Å². The summed E-state index contributed by atoms with van der Waals surface area (Å²) in [6.45, 7) is 4.84. The van der Waals surface area contributed by atoms with Crippen LogP contribution in [0.25, 0.3) is 0 Å². The molecule has 0 radical (unpaired) electrons. The molecule has 0 heterocycles. The Morgan fingerprint density at radius 1 is 1.37 bits per heavy atom. The second-order valence-electron chi connectivity index (χ2n) is 5.35. The van der Waals surface area contributed by atoms with Gasteiger partial charge in [0.15, 0.2) is 0 Å².